The molecule has 1 aromatic carbocycles. The van der Waals surface area contributed by atoms with Crippen LogP contribution >= 0.6 is 11.3 Å². The number of anilines is 2. The number of nitrogens with one attached hydrogen (secondary N) is 3. The Morgan fingerprint density at radius 3 is 2.65 bits per heavy atom. The number of rotatable bonds is 6. The molecule has 4 amide bonds. The van der Waals surface area contributed by atoms with E-state index in [1.807, 2.05) is 31.2 Å². The topological polar surface area (TPSA) is 103 Å². The molecule has 1 aliphatic heterocycles. The average molecular weight is 484 g/mol. The molecule has 9 heteroatoms. The minimum Gasteiger partial charge on any atom is -0.341 e. The summed E-state index contributed by atoms with van der Waals surface area (Å²) in [6.45, 7) is 9.93. The molecule has 3 N–H and O–H groups in total. The second kappa shape index (κ2) is 9.74. The predicted molar refractivity (Wildman–Crippen MR) is 134 cm³/mol. The number of urea groups is 1. The molecule has 4 rings (SSSR count). The Morgan fingerprint density at radius 1 is 1.26 bits per heavy atom. The van der Waals surface area contributed by atoms with Gasteiger partial charge in [0.1, 0.15) is 0 Å². The molecule has 1 aromatic heterocycles. The van der Waals surface area contributed by atoms with Gasteiger partial charge in [0, 0.05) is 23.7 Å². The van der Waals surface area contributed by atoms with Crippen molar-refractivity contribution in [3.63, 3.8) is 0 Å². The van der Waals surface area contributed by atoms with Crippen molar-refractivity contribution in [1.29, 1.82) is 0 Å². The summed E-state index contributed by atoms with van der Waals surface area (Å²) in [6, 6.07) is 6.92. The largest absolute Gasteiger partial charge is 0.341 e. The number of carbonyl (C=O) groups is 3. The van der Waals surface area contributed by atoms with E-state index < -0.39 is 11.8 Å². The molecule has 1 fully saturated rings. The molecule has 2 heterocycles. The average Bonchev–Trinajstić information content (AvgIpc) is 3.43. The van der Waals surface area contributed by atoms with E-state index in [1.165, 1.54) is 16.2 Å². The molecule has 0 radical (unpaired) electrons. The van der Waals surface area contributed by atoms with Crippen molar-refractivity contribution in [3.8, 4) is 0 Å². The molecule has 2 atom stereocenters. The first-order valence-electron chi connectivity index (χ1n) is 11.9. The van der Waals surface area contributed by atoms with Gasteiger partial charge in [0.25, 0.3) is 0 Å². The van der Waals surface area contributed by atoms with Gasteiger partial charge in [-0.25, -0.2) is 9.78 Å². The van der Waals surface area contributed by atoms with E-state index in [0.717, 1.165) is 42.6 Å². The van der Waals surface area contributed by atoms with Gasteiger partial charge in [0.2, 0.25) is 0 Å². The molecule has 34 heavy (non-hydrogen) atoms. The summed E-state index contributed by atoms with van der Waals surface area (Å²) in [5, 5.41) is 8.68. The van der Waals surface area contributed by atoms with Crippen molar-refractivity contribution in [2.24, 2.45) is 11.3 Å². The number of aromatic nitrogens is 1. The second-order valence-electron chi connectivity index (χ2n) is 9.80. The number of hydrogen-bond donors (Lipinski definition) is 3. The summed E-state index contributed by atoms with van der Waals surface area (Å²) < 4.78 is 0. The molecule has 182 valence electrons. The molecule has 0 bridgehead atoms. The van der Waals surface area contributed by atoms with Gasteiger partial charge < -0.3 is 10.6 Å². The normalized spacial score (nSPS) is 18.8. The fourth-order valence-corrected chi connectivity index (χ4v) is 5.63. The summed E-state index contributed by atoms with van der Waals surface area (Å²) in [5.74, 6) is -0.813. The lowest BCUT2D eigenvalue weighted by molar-refractivity contribution is -0.136. The highest BCUT2D eigenvalue weighted by molar-refractivity contribution is 7.16. The van der Waals surface area contributed by atoms with Crippen LogP contribution in [0.5, 0.6) is 0 Å². The van der Waals surface area contributed by atoms with Gasteiger partial charge in [-0.1, -0.05) is 39.3 Å². The number of thiazole rings is 1. The lowest BCUT2D eigenvalue weighted by atomic mass is 9.70. The van der Waals surface area contributed by atoms with Gasteiger partial charge in [-0.3, -0.25) is 19.8 Å². The molecule has 0 saturated carbocycles. The van der Waals surface area contributed by atoms with Crippen LogP contribution < -0.4 is 20.9 Å². The summed E-state index contributed by atoms with van der Waals surface area (Å²) in [5.41, 5.74) is 2.97. The van der Waals surface area contributed by atoms with Gasteiger partial charge in [0.05, 0.1) is 11.7 Å². The van der Waals surface area contributed by atoms with Crippen molar-refractivity contribution >= 4 is 40.0 Å². The van der Waals surface area contributed by atoms with E-state index >= 15 is 0 Å². The zero-order chi connectivity index (χ0) is 24.5. The van der Waals surface area contributed by atoms with Crippen LogP contribution in [0.1, 0.15) is 62.7 Å². The van der Waals surface area contributed by atoms with Gasteiger partial charge in [-0.15, -0.1) is 11.3 Å². The highest BCUT2D eigenvalue weighted by atomic mass is 32.1. The summed E-state index contributed by atoms with van der Waals surface area (Å²) in [4.78, 5) is 44.3. The van der Waals surface area contributed by atoms with E-state index in [9.17, 15) is 14.4 Å². The maximum atomic E-state index is 12.5. The monoisotopic (exact) mass is 483 g/mol. The number of amides is 4. The third kappa shape index (κ3) is 5.09. The van der Waals surface area contributed by atoms with E-state index in [4.69, 9.17) is 0 Å². The smallest absolute Gasteiger partial charge is 0.321 e. The fraction of sp³-hybridized carbons (Fsp3) is 0.520. The Morgan fingerprint density at radius 2 is 2.00 bits per heavy atom. The number of benzene rings is 1. The van der Waals surface area contributed by atoms with Gasteiger partial charge in [-0.2, -0.15) is 0 Å². The number of fused-ring (bicyclic) bond motifs is 1. The van der Waals surface area contributed by atoms with Crippen LogP contribution in [0.3, 0.4) is 0 Å². The molecule has 1 saturated heterocycles. The van der Waals surface area contributed by atoms with Crippen LogP contribution in [0.2, 0.25) is 0 Å². The molecular weight excluding hydrogens is 450 g/mol. The molecule has 0 spiro atoms. The maximum Gasteiger partial charge on any atom is 0.321 e. The molecule has 8 nitrogen and oxygen atoms in total. The second-order valence-corrected chi connectivity index (χ2v) is 10.9. The van der Waals surface area contributed by atoms with E-state index in [-0.39, 0.29) is 17.5 Å². The van der Waals surface area contributed by atoms with Crippen molar-refractivity contribution in [3.05, 3.63) is 40.4 Å². The molecule has 2 unspecified atom stereocenters. The van der Waals surface area contributed by atoms with Crippen molar-refractivity contribution in [2.45, 2.75) is 59.4 Å². The highest BCUT2D eigenvalue weighted by Crippen LogP contribution is 2.42. The van der Waals surface area contributed by atoms with Gasteiger partial charge in [-0.05, 0) is 55.2 Å². The highest BCUT2D eigenvalue weighted by Gasteiger charge is 2.33. The first-order chi connectivity index (χ1) is 16.2. The predicted octanol–water partition coefficient (Wildman–Crippen LogP) is 4.03. The first-order valence-corrected chi connectivity index (χ1v) is 12.8. The lowest BCUT2D eigenvalue weighted by Gasteiger charge is -2.35. The summed E-state index contributed by atoms with van der Waals surface area (Å²) in [6.07, 6.45) is 4.12. The number of aryl methyl sites for hydroxylation is 1. The van der Waals surface area contributed by atoms with Gasteiger partial charge >= 0.3 is 17.8 Å². The number of nitrogens with zero attached hydrogens (tertiary/aromatic N) is 2. The van der Waals surface area contributed by atoms with Crippen LogP contribution in [0, 0.1) is 11.3 Å². The first kappa shape index (κ1) is 24.2. The number of carbonyl (C=O) groups excluding carboxylic acids is 3. The summed E-state index contributed by atoms with van der Waals surface area (Å²) >= 11 is 1.48. The molecule has 2 aliphatic rings. The standard InChI is InChI=1S/C25H33N5O3S/c1-5-25(3,4)17-8-11-19-20(14-17)34-23(28-19)29-22(32)21(31)27-15(2)16-6-9-18(10-7-16)30-13-12-26-24(30)33/h6-7,9-10,15,17H,5,8,11-14H2,1-4H3,(H,26,33)(H,27,31)(H,28,29,32). The SMILES string of the molecule is CCC(C)(C)C1CCc2nc(NC(=O)C(=O)NC(C)c3ccc(N4CCNC4=O)cc3)sc2C1. The Hall–Kier alpha value is -2.94. The Bertz CT molecular complexity index is 1080. The van der Waals surface area contributed by atoms with Crippen molar-refractivity contribution < 1.29 is 14.4 Å². The van der Waals surface area contributed by atoms with Crippen LogP contribution in [-0.4, -0.2) is 35.9 Å². The zero-order valence-electron chi connectivity index (χ0n) is 20.2. The van der Waals surface area contributed by atoms with Crippen LogP contribution in [-0.2, 0) is 22.4 Å². The van der Waals surface area contributed by atoms with E-state index in [0.29, 0.717) is 24.1 Å². The van der Waals surface area contributed by atoms with Crippen molar-refractivity contribution in [2.75, 3.05) is 23.3 Å². The minimum atomic E-state index is -0.714. The zero-order valence-corrected chi connectivity index (χ0v) is 21.1. The quantitative estimate of drug-likeness (QED) is 0.540. The third-order valence-corrected chi connectivity index (χ3v) is 8.33. The van der Waals surface area contributed by atoms with Crippen molar-refractivity contribution in [1.82, 2.24) is 15.6 Å². The van der Waals surface area contributed by atoms with Crippen LogP contribution in [0.4, 0.5) is 15.6 Å². The summed E-state index contributed by atoms with van der Waals surface area (Å²) in [7, 11) is 0. The van der Waals surface area contributed by atoms with E-state index in [2.05, 4.69) is 41.7 Å². The van der Waals surface area contributed by atoms with Gasteiger partial charge in [0.15, 0.2) is 5.13 Å². The Labute approximate surface area is 204 Å². The van der Waals surface area contributed by atoms with Crippen LogP contribution in [0.15, 0.2) is 24.3 Å². The Balaban J connectivity index is 1.33. The Kier molecular flexibility index (Phi) is 6.93. The molecular formula is C25H33N5O3S. The third-order valence-electron chi connectivity index (χ3n) is 7.29. The van der Waals surface area contributed by atoms with E-state index in [1.54, 1.807) is 4.90 Å². The number of hydrogen-bond acceptors (Lipinski definition) is 5. The maximum absolute atomic E-state index is 12.5. The van der Waals surface area contributed by atoms with Crippen LogP contribution in [0.25, 0.3) is 0 Å². The fourth-order valence-electron chi connectivity index (χ4n) is 4.54. The molecule has 2 aromatic rings. The lowest BCUT2D eigenvalue weighted by Crippen LogP contribution is -2.36. The minimum absolute atomic E-state index is 0.112. The molecule has 1 aliphatic carbocycles.